The second kappa shape index (κ2) is 12.3. The van der Waals surface area contributed by atoms with Gasteiger partial charge in [-0.15, -0.1) is 0 Å². The topological polar surface area (TPSA) is 123 Å². The van der Waals surface area contributed by atoms with Crippen LogP contribution in [0.3, 0.4) is 0 Å². The lowest BCUT2D eigenvalue weighted by Crippen LogP contribution is -2.47. The molecular formula is C29H39ClN8O2. The number of rotatable bonds is 9. The molecule has 2 aliphatic carbocycles. The fraction of sp³-hybridized carbons (Fsp3) is 0.586. The number of hydrogen-bond donors (Lipinski definition) is 3. The zero-order chi connectivity index (χ0) is 27.5. The number of carbonyl (C=O) groups excluding carboxylic acids is 1. The Bertz CT molecular complexity index is 1280. The van der Waals surface area contributed by atoms with E-state index in [4.69, 9.17) is 37.0 Å². The van der Waals surface area contributed by atoms with Gasteiger partial charge in [0.15, 0.2) is 23.3 Å². The van der Waals surface area contributed by atoms with Crippen LogP contribution in [-0.4, -0.2) is 68.1 Å². The number of nitrogens with zero attached hydrogens (tertiary/aromatic N) is 5. The summed E-state index contributed by atoms with van der Waals surface area (Å²) in [6.07, 6.45) is 12.8. The summed E-state index contributed by atoms with van der Waals surface area (Å²) in [7, 11) is 0. The molecule has 0 spiro atoms. The van der Waals surface area contributed by atoms with Gasteiger partial charge in [-0.2, -0.15) is 9.97 Å². The van der Waals surface area contributed by atoms with Gasteiger partial charge in [-0.1, -0.05) is 24.4 Å². The SMILES string of the molecule is NC1CCC(Nc2nc(NC3CCN(C(C=O)Oc4ccc(Cl)cc4)CC3)c3ncn(C4CCCC4)c3n2)CC1. The predicted molar refractivity (Wildman–Crippen MR) is 157 cm³/mol. The number of aldehydes is 1. The highest BCUT2D eigenvalue weighted by Crippen LogP contribution is 2.34. The summed E-state index contributed by atoms with van der Waals surface area (Å²) in [5, 5.41) is 7.93. The molecule has 1 aromatic carbocycles. The molecule has 3 aliphatic rings. The standard InChI is InChI=1S/C29H39ClN8O2/c30-19-5-11-24(12-6-19)40-25(17-39)37-15-13-22(14-16-37)33-27-26-28(38(18-32-26)23-3-1-2-4-23)36-29(35-27)34-21-9-7-20(31)8-10-21/h5-6,11-12,17-18,20-23,25H,1-4,7-10,13-16,31H2,(H2,33,34,35,36). The van der Waals surface area contributed by atoms with Crippen molar-refractivity contribution in [2.24, 2.45) is 5.73 Å². The number of nitrogens with one attached hydrogen (secondary N) is 2. The van der Waals surface area contributed by atoms with E-state index in [1.165, 1.54) is 12.8 Å². The third kappa shape index (κ3) is 6.19. The summed E-state index contributed by atoms with van der Waals surface area (Å²) in [6.45, 7) is 1.46. The van der Waals surface area contributed by atoms with Crippen molar-refractivity contribution in [3.8, 4) is 5.75 Å². The van der Waals surface area contributed by atoms with Crippen molar-refractivity contribution in [3.05, 3.63) is 35.6 Å². The Balaban J connectivity index is 1.16. The number of imidazole rings is 1. The van der Waals surface area contributed by atoms with Crippen LogP contribution in [0.2, 0.25) is 5.02 Å². The third-order valence-corrected chi connectivity index (χ3v) is 8.91. The predicted octanol–water partition coefficient (Wildman–Crippen LogP) is 4.76. The molecule has 2 saturated carbocycles. The van der Waals surface area contributed by atoms with Crippen molar-refractivity contribution in [1.82, 2.24) is 24.4 Å². The second-order valence-electron chi connectivity index (χ2n) is 11.5. The number of fused-ring (bicyclic) bond motifs is 1. The van der Waals surface area contributed by atoms with Gasteiger partial charge in [0, 0.05) is 42.3 Å². The van der Waals surface area contributed by atoms with Crippen molar-refractivity contribution in [2.45, 2.75) is 94.6 Å². The van der Waals surface area contributed by atoms with Crippen molar-refractivity contribution in [3.63, 3.8) is 0 Å². The number of likely N-dealkylation sites (tertiary alicyclic amines) is 1. The van der Waals surface area contributed by atoms with Gasteiger partial charge in [-0.05, 0) is 75.6 Å². The highest BCUT2D eigenvalue weighted by molar-refractivity contribution is 6.30. The molecule has 4 N–H and O–H groups in total. The van der Waals surface area contributed by atoms with E-state index in [1.54, 1.807) is 24.3 Å². The number of nitrogens with two attached hydrogens (primary N) is 1. The highest BCUT2D eigenvalue weighted by atomic mass is 35.5. The molecule has 214 valence electrons. The summed E-state index contributed by atoms with van der Waals surface area (Å²) in [5.41, 5.74) is 7.85. The maximum Gasteiger partial charge on any atom is 0.227 e. The Labute approximate surface area is 240 Å². The van der Waals surface area contributed by atoms with E-state index < -0.39 is 6.23 Å². The summed E-state index contributed by atoms with van der Waals surface area (Å²) in [6, 6.07) is 8.36. The van der Waals surface area contributed by atoms with Gasteiger partial charge in [-0.25, -0.2) is 4.98 Å². The lowest BCUT2D eigenvalue weighted by atomic mass is 9.92. The average molecular weight is 567 g/mol. The van der Waals surface area contributed by atoms with Crippen molar-refractivity contribution < 1.29 is 9.53 Å². The van der Waals surface area contributed by atoms with Gasteiger partial charge >= 0.3 is 0 Å². The van der Waals surface area contributed by atoms with Crippen molar-refractivity contribution in [2.75, 3.05) is 23.7 Å². The zero-order valence-electron chi connectivity index (χ0n) is 22.8. The maximum absolute atomic E-state index is 11.9. The number of carbonyl (C=O) groups is 1. The van der Waals surface area contributed by atoms with E-state index in [9.17, 15) is 4.79 Å². The summed E-state index contributed by atoms with van der Waals surface area (Å²) in [4.78, 5) is 28.6. The van der Waals surface area contributed by atoms with Crippen LogP contribution in [0.4, 0.5) is 11.8 Å². The van der Waals surface area contributed by atoms with Crippen LogP contribution in [0.1, 0.15) is 70.3 Å². The van der Waals surface area contributed by atoms with E-state index in [0.29, 0.717) is 34.8 Å². The molecule has 2 aromatic heterocycles. The number of aromatic nitrogens is 4. The van der Waals surface area contributed by atoms with Gasteiger partial charge in [0.25, 0.3) is 0 Å². The van der Waals surface area contributed by atoms with Crippen LogP contribution in [0.5, 0.6) is 5.75 Å². The van der Waals surface area contributed by atoms with Gasteiger partial charge in [0.05, 0.1) is 6.33 Å². The molecule has 3 aromatic rings. The van der Waals surface area contributed by atoms with E-state index in [0.717, 1.165) is 87.7 Å². The molecule has 1 saturated heterocycles. The van der Waals surface area contributed by atoms with Crippen LogP contribution in [0.15, 0.2) is 30.6 Å². The molecule has 1 aliphatic heterocycles. The van der Waals surface area contributed by atoms with Crippen LogP contribution in [0, 0.1) is 0 Å². The maximum atomic E-state index is 11.9. The van der Waals surface area contributed by atoms with Gasteiger partial charge in [0.1, 0.15) is 5.75 Å². The number of benzene rings is 1. The van der Waals surface area contributed by atoms with E-state index >= 15 is 0 Å². The monoisotopic (exact) mass is 566 g/mol. The quantitative estimate of drug-likeness (QED) is 0.315. The summed E-state index contributed by atoms with van der Waals surface area (Å²) >= 11 is 5.98. The lowest BCUT2D eigenvalue weighted by Gasteiger charge is -2.35. The molecular weight excluding hydrogens is 528 g/mol. The summed E-state index contributed by atoms with van der Waals surface area (Å²) in [5.74, 6) is 2.06. The number of anilines is 2. The second-order valence-corrected chi connectivity index (χ2v) is 11.9. The molecule has 40 heavy (non-hydrogen) atoms. The minimum Gasteiger partial charge on any atom is -0.468 e. The van der Waals surface area contributed by atoms with Crippen molar-refractivity contribution >= 4 is 40.8 Å². The fourth-order valence-corrected chi connectivity index (χ4v) is 6.44. The van der Waals surface area contributed by atoms with Gasteiger partial charge in [0.2, 0.25) is 12.2 Å². The van der Waals surface area contributed by atoms with Gasteiger partial charge in [-0.3, -0.25) is 9.69 Å². The Kier molecular flexibility index (Phi) is 8.36. The van der Waals surface area contributed by atoms with Crippen LogP contribution in [0.25, 0.3) is 11.2 Å². The highest BCUT2D eigenvalue weighted by Gasteiger charge is 2.28. The van der Waals surface area contributed by atoms with Crippen LogP contribution < -0.4 is 21.1 Å². The minimum atomic E-state index is -0.630. The molecule has 6 rings (SSSR count). The van der Waals surface area contributed by atoms with Gasteiger partial charge < -0.3 is 25.7 Å². The largest absolute Gasteiger partial charge is 0.468 e. The third-order valence-electron chi connectivity index (χ3n) is 8.66. The first-order valence-corrected chi connectivity index (χ1v) is 15.1. The normalized spacial score (nSPS) is 23.8. The number of hydrogen-bond acceptors (Lipinski definition) is 9. The number of ether oxygens (including phenoxy) is 1. The lowest BCUT2D eigenvalue weighted by molar-refractivity contribution is -0.122. The zero-order valence-corrected chi connectivity index (χ0v) is 23.6. The average Bonchev–Trinajstić information content (AvgIpc) is 3.65. The smallest absolute Gasteiger partial charge is 0.227 e. The molecule has 0 radical (unpaired) electrons. The Morgan fingerprint density at radius 1 is 0.950 bits per heavy atom. The number of piperidine rings is 1. The first kappa shape index (κ1) is 27.2. The molecule has 10 nitrogen and oxygen atoms in total. The fourth-order valence-electron chi connectivity index (χ4n) is 6.31. The Morgan fingerprint density at radius 2 is 1.65 bits per heavy atom. The van der Waals surface area contributed by atoms with Crippen molar-refractivity contribution in [1.29, 1.82) is 0 Å². The Hall–Kier alpha value is -2.95. The van der Waals surface area contributed by atoms with E-state index in [-0.39, 0.29) is 6.04 Å². The van der Waals surface area contributed by atoms with E-state index in [2.05, 4.69) is 20.1 Å². The minimum absolute atomic E-state index is 0.203. The number of halogens is 1. The molecule has 0 amide bonds. The van der Waals surface area contributed by atoms with E-state index in [1.807, 2.05) is 6.33 Å². The molecule has 3 fully saturated rings. The molecule has 1 unspecified atom stereocenters. The van der Waals surface area contributed by atoms with Crippen LogP contribution in [-0.2, 0) is 4.79 Å². The van der Waals surface area contributed by atoms with Crippen LogP contribution >= 0.6 is 11.6 Å². The molecule has 1 atom stereocenters. The molecule has 3 heterocycles. The first-order valence-electron chi connectivity index (χ1n) is 14.7. The molecule has 11 heteroatoms. The first-order chi connectivity index (χ1) is 19.6. The summed E-state index contributed by atoms with van der Waals surface area (Å²) < 4.78 is 8.20. The molecule has 0 bridgehead atoms. The Morgan fingerprint density at radius 3 is 2.35 bits per heavy atom.